The zero-order chi connectivity index (χ0) is 14.2. The summed E-state index contributed by atoms with van der Waals surface area (Å²) >= 11 is 5.42. The molecule has 0 aromatic carbocycles. The maximum atomic E-state index is 6.30. The first-order chi connectivity index (χ1) is 9.60. The Morgan fingerprint density at radius 2 is 1.85 bits per heavy atom. The molecule has 0 radical (unpaired) electrons. The van der Waals surface area contributed by atoms with Gasteiger partial charge in [0, 0.05) is 10.9 Å². The van der Waals surface area contributed by atoms with Gasteiger partial charge in [-0.15, -0.1) is 11.3 Å². The molecule has 3 rings (SSSR count). The van der Waals surface area contributed by atoms with E-state index in [0.717, 1.165) is 0 Å². The molecule has 1 aromatic rings. The van der Waals surface area contributed by atoms with Crippen LogP contribution in [0.25, 0.3) is 0 Å². The third-order valence-corrected chi connectivity index (χ3v) is 6.99. The maximum Gasteiger partial charge on any atom is 0.0702 e. The molecule has 0 amide bonds. The van der Waals surface area contributed by atoms with Crippen LogP contribution in [-0.2, 0) is 0 Å². The lowest BCUT2D eigenvalue weighted by atomic mass is 9.76. The fourth-order valence-corrected chi connectivity index (χ4v) is 5.84. The van der Waals surface area contributed by atoms with Crippen LogP contribution in [0.1, 0.15) is 56.4 Å². The number of thiophene rings is 1. The van der Waals surface area contributed by atoms with Crippen molar-refractivity contribution in [1.29, 1.82) is 0 Å². The molecular weight excluding hydrogens is 332 g/mol. The van der Waals surface area contributed by atoms with Crippen molar-refractivity contribution in [2.75, 3.05) is 13.1 Å². The molecule has 2 atom stereocenters. The van der Waals surface area contributed by atoms with Gasteiger partial charge in [0.1, 0.15) is 0 Å². The smallest absolute Gasteiger partial charge is 0.0702 e. The standard InChI is InChI=1S/C16H25BrN2S/c1-12(18)15(13-4-5-14(17)20-13)19-10-8-16(9-11-19)6-2-3-7-16/h4-5,12,15H,2-3,6-11,18H2,1H3. The van der Waals surface area contributed by atoms with Crippen LogP contribution in [-0.4, -0.2) is 24.0 Å². The lowest BCUT2D eigenvalue weighted by Crippen LogP contribution is -2.45. The Labute approximate surface area is 134 Å². The van der Waals surface area contributed by atoms with Crippen LogP contribution < -0.4 is 5.73 Å². The lowest BCUT2D eigenvalue weighted by molar-refractivity contribution is 0.0690. The molecule has 2 nitrogen and oxygen atoms in total. The molecule has 1 saturated carbocycles. The minimum absolute atomic E-state index is 0.193. The topological polar surface area (TPSA) is 29.3 Å². The van der Waals surface area contributed by atoms with E-state index in [2.05, 4.69) is 39.9 Å². The predicted octanol–water partition coefficient (Wildman–Crippen LogP) is 4.56. The van der Waals surface area contributed by atoms with Crippen LogP contribution in [0.4, 0.5) is 0 Å². The van der Waals surface area contributed by atoms with Gasteiger partial charge in [0.25, 0.3) is 0 Å². The summed E-state index contributed by atoms with van der Waals surface area (Å²) in [5, 5.41) is 0. The van der Waals surface area contributed by atoms with Crippen LogP contribution in [0.3, 0.4) is 0 Å². The number of nitrogens with two attached hydrogens (primary N) is 1. The number of nitrogens with zero attached hydrogens (tertiary/aromatic N) is 1. The van der Waals surface area contributed by atoms with Crippen LogP contribution in [0.2, 0.25) is 0 Å². The molecule has 1 aromatic heterocycles. The van der Waals surface area contributed by atoms with Crippen molar-refractivity contribution in [3.05, 3.63) is 20.8 Å². The molecule has 1 saturated heterocycles. The summed E-state index contributed by atoms with van der Waals surface area (Å²) in [5.41, 5.74) is 6.99. The molecule has 2 heterocycles. The third-order valence-electron chi connectivity index (χ3n) is 5.30. The SMILES string of the molecule is CC(N)C(c1ccc(Br)s1)N1CCC2(CCCC2)CC1. The summed E-state index contributed by atoms with van der Waals surface area (Å²) in [5.74, 6) is 0. The average Bonchev–Trinajstić information content (AvgIpc) is 3.02. The van der Waals surface area contributed by atoms with Gasteiger partial charge in [-0.2, -0.15) is 0 Å². The molecule has 2 unspecified atom stereocenters. The Kier molecular flexibility index (Phi) is 4.56. The van der Waals surface area contributed by atoms with E-state index in [9.17, 15) is 0 Å². The Hall–Kier alpha value is 0.1000. The predicted molar refractivity (Wildman–Crippen MR) is 90.1 cm³/mol. The highest BCUT2D eigenvalue weighted by Crippen LogP contribution is 2.47. The molecule has 2 aliphatic rings. The van der Waals surface area contributed by atoms with Crippen molar-refractivity contribution < 1.29 is 0 Å². The molecule has 112 valence electrons. The first-order valence-electron chi connectivity index (χ1n) is 7.85. The zero-order valence-electron chi connectivity index (χ0n) is 12.3. The van der Waals surface area contributed by atoms with Crippen LogP contribution in [0.5, 0.6) is 0 Å². The molecule has 1 spiro atoms. The minimum atomic E-state index is 0.193. The van der Waals surface area contributed by atoms with Crippen molar-refractivity contribution in [1.82, 2.24) is 4.90 Å². The Bertz CT molecular complexity index is 441. The highest BCUT2D eigenvalue weighted by molar-refractivity contribution is 9.11. The summed E-state index contributed by atoms with van der Waals surface area (Å²) in [6.07, 6.45) is 8.59. The van der Waals surface area contributed by atoms with E-state index in [1.807, 2.05) is 11.3 Å². The van der Waals surface area contributed by atoms with Crippen LogP contribution >= 0.6 is 27.3 Å². The molecule has 20 heavy (non-hydrogen) atoms. The van der Waals surface area contributed by atoms with Crippen molar-refractivity contribution >= 4 is 27.3 Å². The summed E-state index contributed by atoms with van der Waals surface area (Å²) < 4.78 is 1.21. The fourth-order valence-electron chi connectivity index (χ4n) is 4.16. The van der Waals surface area contributed by atoms with E-state index in [0.29, 0.717) is 11.5 Å². The first kappa shape index (κ1) is 15.0. The maximum absolute atomic E-state index is 6.30. The molecule has 2 fully saturated rings. The zero-order valence-corrected chi connectivity index (χ0v) is 14.7. The Morgan fingerprint density at radius 3 is 2.35 bits per heavy atom. The number of halogens is 1. The molecular formula is C16H25BrN2S. The molecule has 4 heteroatoms. The molecule has 2 N–H and O–H groups in total. The fraction of sp³-hybridized carbons (Fsp3) is 0.750. The van der Waals surface area contributed by atoms with Gasteiger partial charge in [-0.1, -0.05) is 12.8 Å². The second-order valence-corrected chi connectivity index (χ2v) is 9.18. The molecule has 0 bridgehead atoms. The van der Waals surface area contributed by atoms with Gasteiger partial charge in [-0.05, 0) is 79.2 Å². The van der Waals surface area contributed by atoms with E-state index in [1.54, 1.807) is 0 Å². The summed E-state index contributed by atoms with van der Waals surface area (Å²) in [6, 6.07) is 4.98. The van der Waals surface area contributed by atoms with Gasteiger partial charge in [0.2, 0.25) is 0 Å². The van der Waals surface area contributed by atoms with Gasteiger partial charge in [-0.25, -0.2) is 0 Å². The van der Waals surface area contributed by atoms with Crippen molar-refractivity contribution in [2.45, 2.75) is 57.5 Å². The van der Waals surface area contributed by atoms with Crippen molar-refractivity contribution in [3.8, 4) is 0 Å². The van der Waals surface area contributed by atoms with Gasteiger partial charge in [0.15, 0.2) is 0 Å². The Morgan fingerprint density at radius 1 is 1.20 bits per heavy atom. The van der Waals surface area contributed by atoms with Gasteiger partial charge in [0.05, 0.1) is 9.83 Å². The molecule has 1 aliphatic carbocycles. The third kappa shape index (κ3) is 2.99. The highest BCUT2D eigenvalue weighted by atomic mass is 79.9. The van der Waals surface area contributed by atoms with E-state index in [4.69, 9.17) is 5.73 Å². The average molecular weight is 357 g/mol. The largest absolute Gasteiger partial charge is 0.326 e. The molecule has 1 aliphatic heterocycles. The van der Waals surface area contributed by atoms with Crippen LogP contribution in [0.15, 0.2) is 15.9 Å². The summed E-state index contributed by atoms with van der Waals surface area (Å²) in [4.78, 5) is 4.04. The second kappa shape index (κ2) is 6.07. The van der Waals surface area contributed by atoms with Crippen molar-refractivity contribution in [3.63, 3.8) is 0 Å². The van der Waals surface area contributed by atoms with Crippen molar-refractivity contribution in [2.24, 2.45) is 11.1 Å². The number of likely N-dealkylation sites (tertiary alicyclic amines) is 1. The summed E-state index contributed by atoms with van der Waals surface area (Å²) in [6.45, 7) is 4.60. The van der Waals surface area contributed by atoms with E-state index in [1.165, 1.54) is 60.3 Å². The van der Waals surface area contributed by atoms with Gasteiger partial charge < -0.3 is 5.73 Å². The van der Waals surface area contributed by atoms with E-state index in [-0.39, 0.29) is 6.04 Å². The van der Waals surface area contributed by atoms with Crippen LogP contribution in [0, 0.1) is 5.41 Å². The highest BCUT2D eigenvalue weighted by Gasteiger charge is 2.39. The quantitative estimate of drug-likeness (QED) is 0.860. The lowest BCUT2D eigenvalue weighted by Gasteiger charge is -2.43. The Balaban J connectivity index is 1.70. The minimum Gasteiger partial charge on any atom is -0.326 e. The normalized spacial score (nSPS) is 25.9. The van der Waals surface area contributed by atoms with E-state index < -0.39 is 0 Å². The van der Waals surface area contributed by atoms with Gasteiger partial charge in [-0.3, -0.25) is 4.90 Å². The van der Waals surface area contributed by atoms with E-state index >= 15 is 0 Å². The number of rotatable bonds is 3. The monoisotopic (exact) mass is 356 g/mol. The number of hydrogen-bond acceptors (Lipinski definition) is 3. The number of hydrogen-bond donors (Lipinski definition) is 1. The first-order valence-corrected chi connectivity index (χ1v) is 9.45. The second-order valence-electron chi connectivity index (χ2n) is 6.69. The summed E-state index contributed by atoms with van der Waals surface area (Å²) in [7, 11) is 0. The number of piperidine rings is 1. The van der Waals surface area contributed by atoms with Gasteiger partial charge >= 0.3 is 0 Å².